The van der Waals surface area contributed by atoms with Gasteiger partial charge >= 0.3 is 0 Å². The minimum atomic E-state index is 0.541. The predicted molar refractivity (Wildman–Crippen MR) is 49.8 cm³/mol. The van der Waals surface area contributed by atoms with E-state index < -0.39 is 0 Å². The molecule has 2 aliphatic rings. The van der Waals surface area contributed by atoms with Crippen molar-refractivity contribution in [1.82, 2.24) is 0 Å². The zero-order valence-corrected chi connectivity index (χ0v) is 8.05. The van der Waals surface area contributed by atoms with Crippen molar-refractivity contribution in [1.29, 1.82) is 0 Å². The van der Waals surface area contributed by atoms with E-state index in [0.29, 0.717) is 6.10 Å². The number of allylic oxidation sites excluding steroid dienone is 2. The lowest BCUT2D eigenvalue weighted by atomic mass is 9.77. The number of fused-ring (bicyclic) bond motifs is 1. The Bertz CT molecular complexity index is 195. The summed E-state index contributed by atoms with van der Waals surface area (Å²) in [5, 5.41) is 0. The molecule has 1 aliphatic heterocycles. The van der Waals surface area contributed by atoms with Gasteiger partial charge in [0.2, 0.25) is 0 Å². The maximum absolute atomic E-state index is 5.82. The summed E-state index contributed by atoms with van der Waals surface area (Å²) >= 11 is 0. The van der Waals surface area contributed by atoms with Gasteiger partial charge in [0, 0.05) is 5.92 Å². The third-order valence-electron chi connectivity index (χ3n) is 3.26. The molecule has 2 rings (SSSR count). The van der Waals surface area contributed by atoms with Gasteiger partial charge in [-0.3, -0.25) is 0 Å². The van der Waals surface area contributed by atoms with Crippen LogP contribution in [-0.4, -0.2) is 6.10 Å². The van der Waals surface area contributed by atoms with Crippen LogP contribution < -0.4 is 0 Å². The summed E-state index contributed by atoms with van der Waals surface area (Å²) in [5.74, 6) is 2.69. The van der Waals surface area contributed by atoms with Crippen LogP contribution in [0.4, 0.5) is 0 Å². The van der Waals surface area contributed by atoms with Gasteiger partial charge in [0.1, 0.15) is 6.10 Å². The fourth-order valence-electron chi connectivity index (χ4n) is 2.65. The van der Waals surface area contributed by atoms with E-state index in [1.54, 1.807) is 0 Å². The second-order valence-corrected chi connectivity index (χ2v) is 4.24. The summed E-state index contributed by atoms with van der Waals surface area (Å²) in [7, 11) is 0. The Morgan fingerprint density at radius 2 is 2.08 bits per heavy atom. The average Bonchev–Trinajstić information content (AvgIpc) is 2.04. The van der Waals surface area contributed by atoms with Crippen LogP contribution in [0.15, 0.2) is 11.8 Å². The first-order valence-corrected chi connectivity index (χ1v) is 5.12. The number of hydrogen-bond donors (Lipinski definition) is 0. The Morgan fingerprint density at radius 3 is 2.92 bits per heavy atom. The van der Waals surface area contributed by atoms with Gasteiger partial charge in [-0.2, -0.15) is 0 Å². The highest BCUT2D eigenvalue weighted by atomic mass is 16.5. The molecule has 1 saturated carbocycles. The van der Waals surface area contributed by atoms with E-state index in [4.69, 9.17) is 4.74 Å². The third kappa shape index (κ3) is 1.37. The second-order valence-electron chi connectivity index (χ2n) is 4.24. The lowest BCUT2D eigenvalue weighted by Crippen LogP contribution is -2.34. The van der Waals surface area contributed by atoms with E-state index in [2.05, 4.69) is 19.9 Å². The largest absolute Gasteiger partial charge is 0.495 e. The van der Waals surface area contributed by atoms with E-state index >= 15 is 0 Å². The zero-order chi connectivity index (χ0) is 8.55. The summed E-state index contributed by atoms with van der Waals surface area (Å²) in [4.78, 5) is 0. The lowest BCUT2D eigenvalue weighted by molar-refractivity contribution is 0.00176. The molecule has 1 nitrogen and oxygen atoms in total. The lowest BCUT2D eigenvalue weighted by Gasteiger charge is -2.38. The Balaban J connectivity index is 2.12. The molecule has 68 valence electrons. The SMILES string of the molecule is CC1=C[C@H](C)C2CCCCC2O1. The maximum Gasteiger partial charge on any atom is 0.102 e. The van der Waals surface area contributed by atoms with Crippen LogP contribution >= 0.6 is 0 Å². The van der Waals surface area contributed by atoms with Crippen molar-refractivity contribution >= 4 is 0 Å². The summed E-state index contributed by atoms with van der Waals surface area (Å²) in [5.41, 5.74) is 0. The molecule has 1 fully saturated rings. The fraction of sp³-hybridized carbons (Fsp3) is 0.818. The predicted octanol–water partition coefficient (Wildman–Crippen LogP) is 3.12. The fourth-order valence-corrected chi connectivity index (χ4v) is 2.65. The van der Waals surface area contributed by atoms with Crippen molar-refractivity contribution in [2.24, 2.45) is 11.8 Å². The minimum absolute atomic E-state index is 0.541. The van der Waals surface area contributed by atoms with Crippen LogP contribution in [0, 0.1) is 11.8 Å². The summed E-state index contributed by atoms with van der Waals surface area (Å²) in [6.07, 6.45) is 8.24. The van der Waals surface area contributed by atoms with Gasteiger partial charge in [-0.15, -0.1) is 0 Å². The zero-order valence-electron chi connectivity index (χ0n) is 8.05. The Morgan fingerprint density at radius 1 is 1.33 bits per heavy atom. The molecule has 1 heteroatoms. The molecule has 0 aromatic rings. The van der Waals surface area contributed by atoms with Crippen LogP contribution in [-0.2, 0) is 4.74 Å². The molecule has 0 N–H and O–H groups in total. The van der Waals surface area contributed by atoms with Crippen molar-refractivity contribution in [2.75, 3.05) is 0 Å². The van der Waals surface area contributed by atoms with Crippen molar-refractivity contribution in [3.63, 3.8) is 0 Å². The molecule has 12 heavy (non-hydrogen) atoms. The molecule has 2 unspecified atom stereocenters. The van der Waals surface area contributed by atoms with Gasteiger partial charge in [-0.1, -0.05) is 13.3 Å². The van der Waals surface area contributed by atoms with E-state index in [1.807, 2.05) is 0 Å². The third-order valence-corrected chi connectivity index (χ3v) is 3.26. The van der Waals surface area contributed by atoms with Gasteiger partial charge in [-0.25, -0.2) is 0 Å². The molecular formula is C11H18O. The van der Waals surface area contributed by atoms with Crippen LogP contribution in [0.1, 0.15) is 39.5 Å². The van der Waals surface area contributed by atoms with Crippen LogP contribution in [0.25, 0.3) is 0 Å². The molecule has 0 aromatic carbocycles. The van der Waals surface area contributed by atoms with Crippen molar-refractivity contribution < 1.29 is 4.74 Å². The van der Waals surface area contributed by atoms with Crippen molar-refractivity contribution in [2.45, 2.75) is 45.6 Å². The van der Waals surface area contributed by atoms with Crippen molar-refractivity contribution in [3.05, 3.63) is 11.8 Å². The number of ether oxygens (including phenoxy) is 1. The van der Waals surface area contributed by atoms with E-state index in [1.165, 1.54) is 25.7 Å². The average molecular weight is 166 g/mol. The summed E-state index contributed by atoms with van der Waals surface area (Å²) in [6.45, 7) is 4.41. The smallest absolute Gasteiger partial charge is 0.102 e. The molecule has 0 radical (unpaired) electrons. The van der Waals surface area contributed by atoms with Crippen molar-refractivity contribution in [3.8, 4) is 0 Å². The molecule has 0 aromatic heterocycles. The second kappa shape index (κ2) is 3.12. The Kier molecular flexibility index (Phi) is 2.12. The monoisotopic (exact) mass is 166 g/mol. The number of rotatable bonds is 0. The molecule has 1 heterocycles. The van der Waals surface area contributed by atoms with E-state index in [-0.39, 0.29) is 0 Å². The van der Waals surface area contributed by atoms with Gasteiger partial charge in [0.15, 0.2) is 0 Å². The summed E-state index contributed by atoms with van der Waals surface area (Å²) in [6, 6.07) is 0. The topological polar surface area (TPSA) is 9.23 Å². The van der Waals surface area contributed by atoms with Gasteiger partial charge in [-0.05, 0) is 38.2 Å². The Hall–Kier alpha value is -0.460. The minimum Gasteiger partial charge on any atom is -0.495 e. The molecule has 0 amide bonds. The standard InChI is InChI=1S/C11H18O/c1-8-7-9(2)12-11-6-4-3-5-10(8)11/h7-8,10-11H,3-6H2,1-2H3/t8-,10?,11?/m0/s1. The highest BCUT2D eigenvalue weighted by Gasteiger charge is 2.32. The maximum atomic E-state index is 5.82. The van der Waals surface area contributed by atoms with Gasteiger partial charge in [0.05, 0.1) is 5.76 Å². The summed E-state index contributed by atoms with van der Waals surface area (Å²) < 4.78 is 5.82. The highest BCUT2D eigenvalue weighted by molar-refractivity contribution is 5.02. The molecule has 1 aliphatic carbocycles. The molecular weight excluding hydrogens is 148 g/mol. The Labute approximate surface area is 74.8 Å². The molecule has 0 saturated heterocycles. The first kappa shape index (κ1) is 8.15. The van der Waals surface area contributed by atoms with Crippen LogP contribution in [0.3, 0.4) is 0 Å². The molecule has 3 atom stereocenters. The first-order chi connectivity index (χ1) is 5.77. The normalized spacial score (nSPS) is 41.2. The van der Waals surface area contributed by atoms with Crippen LogP contribution in [0.2, 0.25) is 0 Å². The quantitative estimate of drug-likeness (QED) is 0.537. The van der Waals surface area contributed by atoms with Gasteiger partial charge in [0.25, 0.3) is 0 Å². The van der Waals surface area contributed by atoms with Gasteiger partial charge < -0.3 is 4.74 Å². The first-order valence-electron chi connectivity index (χ1n) is 5.12. The van der Waals surface area contributed by atoms with E-state index in [9.17, 15) is 0 Å². The molecule has 0 spiro atoms. The van der Waals surface area contributed by atoms with E-state index in [0.717, 1.165) is 17.6 Å². The van der Waals surface area contributed by atoms with Crippen LogP contribution in [0.5, 0.6) is 0 Å². The highest BCUT2D eigenvalue weighted by Crippen LogP contribution is 2.37. The number of hydrogen-bond acceptors (Lipinski definition) is 1. The molecule has 0 bridgehead atoms.